The normalized spacial score (nSPS) is 11.4. The molecule has 0 atom stereocenters. The first-order valence-electron chi connectivity index (χ1n) is 5.90. The highest BCUT2D eigenvalue weighted by molar-refractivity contribution is 5.72. The molecule has 0 aliphatic carbocycles. The molecule has 0 N–H and O–H groups in total. The van der Waals surface area contributed by atoms with Crippen molar-refractivity contribution >= 4 is 16.7 Å². The van der Waals surface area contributed by atoms with Gasteiger partial charge in [0.25, 0.3) is 0 Å². The SMILES string of the molecule is Cn1cnc2nc(-c3cccc4ccnn34)ncc21. The van der Waals surface area contributed by atoms with Crippen molar-refractivity contribution in [2.45, 2.75) is 0 Å². The number of imidazole rings is 1. The monoisotopic (exact) mass is 250 g/mol. The molecule has 92 valence electrons. The number of nitrogens with zero attached hydrogens (tertiary/aromatic N) is 6. The maximum atomic E-state index is 4.49. The molecule has 0 radical (unpaired) electrons. The zero-order chi connectivity index (χ0) is 12.8. The lowest BCUT2D eigenvalue weighted by Gasteiger charge is -2.03. The third kappa shape index (κ3) is 1.43. The minimum atomic E-state index is 0.625. The molecule has 0 saturated heterocycles. The Morgan fingerprint density at radius 3 is 3.00 bits per heavy atom. The van der Waals surface area contributed by atoms with E-state index >= 15 is 0 Å². The van der Waals surface area contributed by atoms with E-state index in [9.17, 15) is 0 Å². The Labute approximate surface area is 108 Å². The molecule has 19 heavy (non-hydrogen) atoms. The Morgan fingerprint density at radius 2 is 2.05 bits per heavy atom. The molecular formula is C13H10N6. The second-order valence-electron chi connectivity index (χ2n) is 4.34. The van der Waals surface area contributed by atoms with Crippen molar-refractivity contribution in [3.63, 3.8) is 0 Å². The summed E-state index contributed by atoms with van der Waals surface area (Å²) in [6, 6.07) is 7.86. The van der Waals surface area contributed by atoms with Crippen LogP contribution in [0.25, 0.3) is 28.2 Å². The van der Waals surface area contributed by atoms with Gasteiger partial charge in [0.2, 0.25) is 0 Å². The molecule has 0 aliphatic rings. The number of pyridine rings is 1. The van der Waals surface area contributed by atoms with Crippen LogP contribution in [0.15, 0.2) is 43.0 Å². The van der Waals surface area contributed by atoms with E-state index in [1.807, 2.05) is 40.4 Å². The van der Waals surface area contributed by atoms with E-state index in [-0.39, 0.29) is 0 Å². The van der Waals surface area contributed by atoms with Gasteiger partial charge in [0, 0.05) is 7.05 Å². The van der Waals surface area contributed by atoms with Crippen molar-refractivity contribution in [1.82, 2.24) is 29.1 Å². The Bertz CT molecular complexity index is 888. The van der Waals surface area contributed by atoms with Crippen molar-refractivity contribution in [3.05, 3.63) is 43.0 Å². The molecule has 4 rings (SSSR count). The van der Waals surface area contributed by atoms with Gasteiger partial charge in [-0.3, -0.25) is 0 Å². The Kier molecular flexibility index (Phi) is 1.94. The summed E-state index contributed by atoms with van der Waals surface area (Å²) in [5.41, 5.74) is 3.48. The van der Waals surface area contributed by atoms with Crippen LogP contribution in [0.2, 0.25) is 0 Å². The first-order chi connectivity index (χ1) is 9.33. The fourth-order valence-electron chi connectivity index (χ4n) is 2.16. The zero-order valence-electron chi connectivity index (χ0n) is 10.2. The minimum Gasteiger partial charge on any atom is -0.331 e. The Hall–Kier alpha value is -2.76. The quantitative estimate of drug-likeness (QED) is 0.515. The molecule has 0 bridgehead atoms. The highest BCUT2D eigenvalue weighted by atomic mass is 15.2. The van der Waals surface area contributed by atoms with Gasteiger partial charge in [-0.2, -0.15) is 5.10 Å². The van der Waals surface area contributed by atoms with Crippen LogP contribution < -0.4 is 0 Å². The van der Waals surface area contributed by atoms with E-state index in [1.54, 1.807) is 18.7 Å². The van der Waals surface area contributed by atoms with Gasteiger partial charge < -0.3 is 4.57 Å². The van der Waals surface area contributed by atoms with E-state index in [2.05, 4.69) is 20.1 Å². The van der Waals surface area contributed by atoms with Crippen molar-refractivity contribution in [2.75, 3.05) is 0 Å². The molecule has 0 aromatic carbocycles. The second-order valence-corrected chi connectivity index (χ2v) is 4.34. The lowest BCUT2D eigenvalue weighted by atomic mass is 10.3. The summed E-state index contributed by atoms with van der Waals surface area (Å²) in [4.78, 5) is 13.2. The average molecular weight is 250 g/mol. The highest BCUT2D eigenvalue weighted by Crippen LogP contribution is 2.18. The Balaban J connectivity index is 2.01. The molecule has 6 nitrogen and oxygen atoms in total. The van der Waals surface area contributed by atoms with Crippen molar-refractivity contribution in [2.24, 2.45) is 7.05 Å². The molecule has 0 saturated carbocycles. The zero-order valence-corrected chi connectivity index (χ0v) is 10.2. The van der Waals surface area contributed by atoms with Gasteiger partial charge in [0.05, 0.1) is 24.2 Å². The number of hydrogen-bond acceptors (Lipinski definition) is 4. The lowest BCUT2D eigenvalue weighted by Crippen LogP contribution is -1.98. The van der Waals surface area contributed by atoms with Gasteiger partial charge in [-0.15, -0.1) is 0 Å². The smallest absolute Gasteiger partial charge is 0.181 e. The van der Waals surface area contributed by atoms with Crippen LogP contribution in [0, 0.1) is 0 Å². The summed E-state index contributed by atoms with van der Waals surface area (Å²) in [7, 11) is 1.92. The van der Waals surface area contributed by atoms with E-state index < -0.39 is 0 Å². The highest BCUT2D eigenvalue weighted by Gasteiger charge is 2.09. The number of rotatable bonds is 1. The molecule has 4 aromatic heterocycles. The van der Waals surface area contributed by atoms with E-state index in [1.165, 1.54) is 0 Å². The van der Waals surface area contributed by atoms with Crippen molar-refractivity contribution in [3.8, 4) is 11.5 Å². The fraction of sp³-hybridized carbons (Fsp3) is 0.0769. The molecule has 0 fully saturated rings. The van der Waals surface area contributed by atoms with Crippen LogP contribution in [0.3, 0.4) is 0 Å². The minimum absolute atomic E-state index is 0.625. The van der Waals surface area contributed by atoms with Gasteiger partial charge in [-0.05, 0) is 18.2 Å². The van der Waals surface area contributed by atoms with Crippen LogP contribution in [-0.4, -0.2) is 29.1 Å². The second kappa shape index (κ2) is 3.61. The summed E-state index contributed by atoms with van der Waals surface area (Å²) >= 11 is 0. The predicted molar refractivity (Wildman–Crippen MR) is 70.5 cm³/mol. The number of aromatic nitrogens is 6. The molecule has 0 unspecified atom stereocenters. The van der Waals surface area contributed by atoms with Crippen LogP contribution >= 0.6 is 0 Å². The number of fused-ring (bicyclic) bond motifs is 2. The first-order valence-corrected chi connectivity index (χ1v) is 5.90. The predicted octanol–water partition coefficient (Wildman–Crippen LogP) is 1.68. The molecule has 0 amide bonds. The van der Waals surface area contributed by atoms with Gasteiger partial charge in [0.15, 0.2) is 11.5 Å². The molecule has 4 aromatic rings. The fourth-order valence-corrected chi connectivity index (χ4v) is 2.16. The lowest BCUT2D eigenvalue weighted by molar-refractivity contribution is 0.940. The van der Waals surface area contributed by atoms with E-state index in [0.717, 1.165) is 16.7 Å². The van der Waals surface area contributed by atoms with Crippen LogP contribution in [0.1, 0.15) is 0 Å². The Morgan fingerprint density at radius 1 is 1.11 bits per heavy atom. The largest absolute Gasteiger partial charge is 0.331 e. The number of hydrogen-bond donors (Lipinski definition) is 0. The summed E-state index contributed by atoms with van der Waals surface area (Å²) < 4.78 is 3.72. The maximum absolute atomic E-state index is 4.49. The summed E-state index contributed by atoms with van der Waals surface area (Å²) in [6.07, 6.45) is 5.28. The molecule has 6 heteroatoms. The summed E-state index contributed by atoms with van der Waals surface area (Å²) in [5, 5.41) is 4.29. The van der Waals surface area contributed by atoms with Crippen molar-refractivity contribution in [1.29, 1.82) is 0 Å². The van der Waals surface area contributed by atoms with Crippen molar-refractivity contribution < 1.29 is 0 Å². The van der Waals surface area contributed by atoms with Gasteiger partial charge in [0.1, 0.15) is 11.2 Å². The maximum Gasteiger partial charge on any atom is 0.181 e. The van der Waals surface area contributed by atoms with Gasteiger partial charge in [-0.25, -0.2) is 19.5 Å². The average Bonchev–Trinajstić information content (AvgIpc) is 3.05. The third-order valence-corrected chi connectivity index (χ3v) is 3.13. The van der Waals surface area contributed by atoms with Crippen LogP contribution in [-0.2, 0) is 7.05 Å². The standard InChI is InChI=1S/C13H10N6/c1-18-8-15-13-11(18)7-14-12(17-13)10-4-2-3-9-5-6-16-19(9)10/h2-8H,1H3. The topological polar surface area (TPSA) is 60.9 Å². The molecule has 0 aliphatic heterocycles. The van der Waals surface area contributed by atoms with Gasteiger partial charge in [-0.1, -0.05) is 6.07 Å². The summed E-state index contributed by atoms with van der Waals surface area (Å²) in [5.74, 6) is 0.625. The van der Waals surface area contributed by atoms with Crippen LogP contribution in [0.5, 0.6) is 0 Å². The molecular weight excluding hydrogens is 240 g/mol. The summed E-state index contributed by atoms with van der Waals surface area (Å²) in [6.45, 7) is 0. The number of aryl methyl sites for hydroxylation is 1. The van der Waals surface area contributed by atoms with E-state index in [4.69, 9.17) is 0 Å². The molecule has 0 spiro atoms. The van der Waals surface area contributed by atoms with Gasteiger partial charge >= 0.3 is 0 Å². The van der Waals surface area contributed by atoms with E-state index in [0.29, 0.717) is 11.5 Å². The molecule has 4 heterocycles. The van der Waals surface area contributed by atoms with Crippen LogP contribution in [0.4, 0.5) is 0 Å². The third-order valence-electron chi connectivity index (χ3n) is 3.13. The first kappa shape index (κ1) is 10.2.